The molecule has 4 nitrogen and oxygen atoms in total. The molecule has 0 aliphatic rings. The maximum absolute atomic E-state index is 12.8. The zero-order chi connectivity index (χ0) is 16.6. The van der Waals surface area contributed by atoms with Crippen molar-refractivity contribution >= 4 is 39.7 Å². The molecule has 1 aromatic heterocycles. The van der Waals surface area contributed by atoms with Gasteiger partial charge in [-0.05, 0) is 36.8 Å². The SMILES string of the molecule is Cc1nc2c(Cl)cccc2c(=O)n1-c1ccc(CC(N)=S)cc1. The van der Waals surface area contributed by atoms with Crippen molar-refractivity contribution in [3.63, 3.8) is 0 Å². The largest absolute Gasteiger partial charge is 0.393 e. The fraction of sp³-hybridized carbons (Fsp3) is 0.118. The van der Waals surface area contributed by atoms with Crippen molar-refractivity contribution in [1.82, 2.24) is 9.55 Å². The van der Waals surface area contributed by atoms with E-state index in [2.05, 4.69) is 4.98 Å². The number of nitrogens with zero attached hydrogens (tertiary/aromatic N) is 2. The van der Waals surface area contributed by atoms with Crippen molar-refractivity contribution in [3.8, 4) is 5.69 Å². The molecule has 2 aromatic carbocycles. The third kappa shape index (κ3) is 2.98. The standard InChI is InChI=1S/C17H14ClN3OS/c1-10-20-16-13(3-2-4-14(16)18)17(22)21(10)12-7-5-11(6-8-12)9-15(19)23/h2-8H,9H2,1H3,(H2,19,23). The highest BCUT2D eigenvalue weighted by Crippen LogP contribution is 2.20. The van der Waals surface area contributed by atoms with Crippen molar-refractivity contribution < 1.29 is 0 Å². The summed E-state index contributed by atoms with van der Waals surface area (Å²) in [6, 6.07) is 12.7. The number of hydrogen-bond acceptors (Lipinski definition) is 3. The van der Waals surface area contributed by atoms with Gasteiger partial charge in [-0.2, -0.15) is 0 Å². The molecule has 2 N–H and O–H groups in total. The molecule has 23 heavy (non-hydrogen) atoms. The molecule has 0 radical (unpaired) electrons. The van der Waals surface area contributed by atoms with E-state index >= 15 is 0 Å². The first-order valence-corrected chi connectivity index (χ1v) is 7.81. The fourth-order valence-corrected chi connectivity index (χ4v) is 2.93. The summed E-state index contributed by atoms with van der Waals surface area (Å²) >= 11 is 11.0. The lowest BCUT2D eigenvalue weighted by molar-refractivity contribution is 0.894. The minimum atomic E-state index is -0.142. The molecule has 0 spiro atoms. The van der Waals surface area contributed by atoms with Crippen LogP contribution in [0.2, 0.25) is 5.02 Å². The molecular weight excluding hydrogens is 330 g/mol. The van der Waals surface area contributed by atoms with Crippen LogP contribution >= 0.6 is 23.8 Å². The van der Waals surface area contributed by atoms with Crippen LogP contribution in [0.25, 0.3) is 16.6 Å². The second-order valence-corrected chi connectivity index (χ2v) is 6.18. The summed E-state index contributed by atoms with van der Waals surface area (Å²) in [5, 5.41) is 0.969. The molecule has 3 aromatic rings. The Morgan fingerprint density at radius 1 is 1.26 bits per heavy atom. The average molecular weight is 344 g/mol. The van der Waals surface area contributed by atoms with Crippen LogP contribution < -0.4 is 11.3 Å². The van der Waals surface area contributed by atoms with Gasteiger partial charge in [0.1, 0.15) is 5.82 Å². The molecule has 0 atom stereocenters. The van der Waals surface area contributed by atoms with E-state index in [1.54, 1.807) is 29.7 Å². The predicted molar refractivity (Wildman–Crippen MR) is 97.6 cm³/mol. The summed E-state index contributed by atoms with van der Waals surface area (Å²) in [4.78, 5) is 17.7. The summed E-state index contributed by atoms with van der Waals surface area (Å²) in [6.45, 7) is 1.78. The normalized spacial score (nSPS) is 10.9. The van der Waals surface area contributed by atoms with Crippen LogP contribution in [0.4, 0.5) is 0 Å². The van der Waals surface area contributed by atoms with Gasteiger partial charge in [0.2, 0.25) is 0 Å². The van der Waals surface area contributed by atoms with Crippen LogP contribution in [0.1, 0.15) is 11.4 Å². The molecule has 0 amide bonds. The molecule has 0 aliphatic carbocycles. The van der Waals surface area contributed by atoms with E-state index < -0.39 is 0 Å². The number of para-hydroxylation sites is 1. The third-order valence-electron chi connectivity index (χ3n) is 3.59. The zero-order valence-electron chi connectivity index (χ0n) is 12.4. The number of hydrogen-bond donors (Lipinski definition) is 1. The average Bonchev–Trinajstić information content (AvgIpc) is 2.50. The van der Waals surface area contributed by atoms with E-state index in [0.29, 0.717) is 33.2 Å². The molecule has 0 saturated carbocycles. The van der Waals surface area contributed by atoms with E-state index in [1.165, 1.54) is 0 Å². The molecule has 1 heterocycles. The second-order valence-electron chi connectivity index (χ2n) is 5.25. The lowest BCUT2D eigenvalue weighted by atomic mass is 10.1. The summed E-state index contributed by atoms with van der Waals surface area (Å²) in [5.74, 6) is 0.581. The van der Waals surface area contributed by atoms with Crippen LogP contribution in [0.5, 0.6) is 0 Å². The van der Waals surface area contributed by atoms with Crippen molar-refractivity contribution in [1.29, 1.82) is 0 Å². The Balaban J connectivity index is 2.17. The van der Waals surface area contributed by atoms with Crippen LogP contribution in [0.15, 0.2) is 47.3 Å². The number of aryl methyl sites for hydroxylation is 1. The molecule has 0 aliphatic heterocycles. The molecule has 0 fully saturated rings. The maximum Gasteiger partial charge on any atom is 0.266 e. The monoisotopic (exact) mass is 343 g/mol. The first-order chi connectivity index (χ1) is 11.0. The van der Waals surface area contributed by atoms with Gasteiger partial charge < -0.3 is 5.73 Å². The Kier molecular flexibility index (Phi) is 4.15. The van der Waals surface area contributed by atoms with Crippen molar-refractivity contribution in [2.45, 2.75) is 13.3 Å². The molecule has 3 rings (SSSR count). The molecule has 0 bridgehead atoms. The summed E-state index contributed by atoms with van der Waals surface area (Å²) in [7, 11) is 0. The summed E-state index contributed by atoms with van der Waals surface area (Å²) in [5.41, 5.74) is 7.68. The van der Waals surface area contributed by atoms with Crippen LogP contribution in [0, 0.1) is 6.92 Å². The molecule has 6 heteroatoms. The molecule has 0 unspecified atom stereocenters. The highest BCUT2D eigenvalue weighted by Gasteiger charge is 2.11. The number of aromatic nitrogens is 2. The number of thiocarbonyl (C=S) groups is 1. The van der Waals surface area contributed by atoms with Crippen molar-refractivity contribution in [2.75, 3.05) is 0 Å². The first kappa shape index (κ1) is 15.6. The number of rotatable bonds is 3. The van der Waals surface area contributed by atoms with Crippen LogP contribution in [-0.2, 0) is 6.42 Å². The Hall–Kier alpha value is -2.24. The van der Waals surface area contributed by atoms with Gasteiger partial charge in [-0.3, -0.25) is 9.36 Å². The van der Waals surface area contributed by atoms with Crippen molar-refractivity contribution in [3.05, 3.63) is 69.2 Å². The van der Waals surface area contributed by atoms with Gasteiger partial charge >= 0.3 is 0 Å². The lowest BCUT2D eigenvalue weighted by Gasteiger charge is -2.12. The topological polar surface area (TPSA) is 60.9 Å². The Morgan fingerprint density at radius 2 is 1.96 bits per heavy atom. The number of halogens is 1. The fourth-order valence-electron chi connectivity index (χ4n) is 2.55. The third-order valence-corrected chi connectivity index (χ3v) is 4.04. The lowest BCUT2D eigenvalue weighted by Crippen LogP contribution is -2.22. The Labute approximate surface area is 143 Å². The summed E-state index contributed by atoms with van der Waals surface area (Å²) < 4.78 is 1.57. The van der Waals surface area contributed by atoms with E-state index in [4.69, 9.17) is 29.6 Å². The van der Waals surface area contributed by atoms with E-state index in [9.17, 15) is 4.79 Å². The highest BCUT2D eigenvalue weighted by atomic mass is 35.5. The number of fused-ring (bicyclic) bond motifs is 1. The van der Waals surface area contributed by atoms with Gasteiger partial charge in [-0.25, -0.2) is 4.98 Å². The minimum absolute atomic E-state index is 0.142. The molecule has 0 saturated heterocycles. The number of nitrogens with two attached hydrogens (primary N) is 1. The summed E-state index contributed by atoms with van der Waals surface area (Å²) in [6.07, 6.45) is 0.537. The maximum atomic E-state index is 12.8. The van der Waals surface area contributed by atoms with Gasteiger partial charge in [0, 0.05) is 6.42 Å². The van der Waals surface area contributed by atoms with Gasteiger partial charge in [0.05, 0.1) is 26.6 Å². The van der Waals surface area contributed by atoms with Gasteiger partial charge in [0.15, 0.2) is 0 Å². The Morgan fingerprint density at radius 3 is 2.61 bits per heavy atom. The van der Waals surface area contributed by atoms with Crippen molar-refractivity contribution in [2.24, 2.45) is 5.73 Å². The quantitative estimate of drug-likeness (QED) is 0.742. The van der Waals surface area contributed by atoms with E-state index in [-0.39, 0.29) is 5.56 Å². The van der Waals surface area contributed by atoms with Gasteiger partial charge in [-0.1, -0.05) is 42.0 Å². The van der Waals surface area contributed by atoms with Gasteiger partial charge in [-0.15, -0.1) is 0 Å². The smallest absolute Gasteiger partial charge is 0.266 e. The predicted octanol–water partition coefficient (Wildman–Crippen LogP) is 3.18. The van der Waals surface area contributed by atoms with Crippen LogP contribution in [-0.4, -0.2) is 14.5 Å². The number of benzene rings is 2. The first-order valence-electron chi connectivity index (χ1n) is 7.03. The van der Waals surface area contributed by atoms with E-state index in [0.717, 1.165) is 11.3 Å². The second kappa shape index (κ2) is 6.10. The minimum Gasteiger partial charge on any atom is -0.393 e. The van der Waals surface area contributed by atoms with Crippen LogP contribution in [0.3, 0.4) is 0 Å². The Bertz CT molecular complexity index is 964. The van der Waals surface area contributed by atoms with E-state index in [1.807, 2.05) is 24.3 Å². The highest BCUT2D eigenvalue weighted by molar-refractivity contribution is 7.80. The van der Waals surface area contributed by atoms with Gasteiger partial charge in [0.25, 0.3) is 5.56 Å². The molecule has 116 valence electrons. The molecular formula is C17H14ClN3OS. The zero-order valence-corrected chi connectivity index (χ0v) is 14.0.